The SMILES string of the molecule is CCC(CC)CN1CCC(N2CCSCC2)CC1. The van der Waals surface area contributed by atoms with E-state index in [-0.39, 0.29) is 0 Å². The first-order valence-corrected chi connectivity index (χ1v) is 9.03. The molecule has 0 aliphatic carbocycles. The van der Waals surface area contributed by atoms with E-state index in [4.69, 9.17) is 0 Å². The Hall–Kier alpha value is 0.270. The smallest absolute Gasteiger partial charge is 0.0120 e. The summed E-state index contributed by atoms with van der Waals surface area (Å²) in [5.41, 5.74) is 0. The summed E-state index contributed by atoms with van der Waals surface area (Å²) in [5, 5.41) is 0. The minimum atomic E-state index is 0.892. The van der Waals surface area contributed by atoms with E-state index in [1.807, 2.05) is 0 Å². The molecule has 0 saturated carbocycles. The molecule has 2 saturated heterocycles. The predicted molar refractivity (Wildman–Crippen MR) is 82.4 cm³/mol. The van der Waals surface area contributed by atoms with Crippen LogP contribution in [0.4, 0.5) is 0 Å². The van der Waals surface area contributed by atoms with Crippen molar-refractivity contribution >= 4 is 11.8 Å². The van der Waals surface area contributed by atoms with E-state index >= 15 is 0 Å². The van der Waals surface area contributed by atoms with E-state index < -0.39 is 0 Å². The van der Waals surface area contributed by atoms with Crippen molar-refractivity contribution in [2.75, 3.05) is 44.2 Å². The number of piperidine rings is 1. The first-order chi connectivity index (χ1) is 8.83. The molecular weight excluding hydrogens is 240 g/mol. The van der Waals surface area contributed by atoms with Crippen LogP contribution >= 0.6 is 11.8 Å². The normalized spacial score (nSPS) is 24.8. The fraction of sp³-hybridized carbons (Fsp3) is 1.00. The first-order valence-electron chi connectivity index (χ1n) is 7.87. The van der Waals surface area contributed by atoms with Crippen LogP contribution in [0.5, 0.6) is 0 Å². The summed E-state index contributed by atoms with van der Waals surface area (Å²) < 4.78 is 0. The van der Waals surface area contributed by atoms with Gasteiger partial charge in [-0.25, -0.2) is 0 Å². The van der Waals surface area contributed by atoms with E-state index in [1.54, 1.807) is 0 Å². The molecule has 2 aliphatic heterocycles. The maximum Gasteiger partial charge on any atom is 0.0120 e. The Kier molecular flexibility index (Phi) is 6.33. The first kappa shape index (κ1) is 14.7. The molecule has 18 heavy (non-hydrogen) atoms. The Morgan fingerprint density at radius 2 is 1.61 bits per heavy atom. The summed E-state index contributed by atoms with van der Waals surface area (Å²) in [6.45, 7) is 11.4. The second-order valence-corrected chi connectivity index (χ2v) is 7.09. The number of likely N-dealkylation sites (tertiary alicyclic amines) is 1. The lowest BCUT2D eigenvalue weighted by atomic mass is 9.98. The van der Waals surface area contributed by atoms with Crippen molar-refractivity contribution in [2.24, 2.45) is 5.92 Å². The lowest BCUT2D eigenvalue weighted by Crippen LogP contribution is -2.48. The summed E-state index contributed by atoms with van der Waals surface area (Å²) >= 11 is 2.13. The Morgan fingerprint density at radius 1 is 1.00 bits per heavy atom. The molecule has 0 aromatic carbocycles. The molecule has 2 aliphatic rings. The van der Waals surface area contributed by atoms with Crippen LogP contribution in [0, 0.1) is 5.92 Å². The highest BCUT2D eigenvalue weighted by Gasteiger charge is 2.26. The van der Waals surface area contributed by atoms with Gasteiger partial charge in [0.1, 0.15) is 0 Å². The molecule has 2 rings (SSSR count). The minimum Gasteiger partial charge on any atom is -0.303 e. The average Bonchev–Trinajstić information content (AvgIpc) is 2.46. The molecule has 0 radical (unpaired) electrons. The van der Waals surface area contributed by atoms with Crippen LogP contribution in [0.2, 0.25) is 0 Å². The van der Waals surface area contributed by atoms with Crippen LogP contribution in [0.1, 0.15) is 39.5 Å². The standard InChI is InChI=1S/C15H30N2S/c1-3-14(4-2)13-16-7-5-15(6-8-16)17-9-11-18-12-10-17/h14-15H,3-13H2,1-2H3. The van der Waals surface area contributed by atoms with Crippen molar-refractivity contribution in [3.05, 3.63) is 0 Å². The van der Waals surface area contributed by atoms with Gasteiger partial charge >= 0.3 is 0 Å². The van der Waals surface area contributed by atoms with Gasteiger partial charge in [0.2, 0.25) is 0 Å². The average molecular weight is 270 g/mol. The number of rotatable bonds is 5. The van der Waals surface area contributed by atoms with Gasteiger partial charge in [0.25, 0.3) is 0 Å². The monoisotopic (exact) mass is 270 g/mol. The van der Waals surface area contributed by atoms with Crippen molar-refractivity contribution in [3.8, 4) is 0 Å². The zero-order valence-electron chi connectivity index (χ0n) is 12.2. The van der Waals surface area contributed by atoms with Gasteiger partial charge in [0.15, 0.2) is 0 Å². The van der Waals surface area contributed by atoms with Crippen molar-refractivity contribution in [3.63, 3.8) is 0 Å². The van der Waals surface area contributed by atoms with Gasteiger partial charge in [0, 0.05) is 37.2 Å². The van der Waals surface area contributed by atoms with Gasteiger partial charge in [-0.2, -0.15) is 11.8 Å². The molecule has 0 amide bonds. The number of thioether (sulfide) groups is 1. The molecule has 3 heteroatoms. The molecule has 0 aromatic rings. The van der Waals surface area contributed by atoms with E-state index in [9.17, 15) is 0 Å². The van der Waals surface area contributed by atoms with E-state index in [1.165, 1.54) is 69.9 Å². The molecule has 0 atom stereocenters. The van der Waals surface area contributed by atoms with Crippen molar-refractivity contribution in [1.29, 1.82) is 0 Å². The molecule has 0 N–H and O–H groups in total. The van der Waals surface area contributed by atoms with Crippen molar-refractivity contribution in [1.82, 2.24) is 9.80 Å². The lowest BCUT2D eigenvalue weighted by molar-refractivity contribution is 0.105. The molecule has 0 spiro atoms. The number of hydrogen-bond donors (Lipinski definition) is 0. The van der Waals surface area contributed by atoms with Gasteiger partial charge in [-0.15, -0.1) is 0 Å². The van der Waals surface area contributed by atoms with E-state index in [2.05, 4.69) is 35.4 Å². The van der Waals surface area contributed by atoms with Gasteiger partial charge < -0.3 is 4.90 Å². The topological polar surface area (TPSA) is 6.48 Å². The second-order valence-electron chi connectivity index (χ2n) is 5.86. The highest BCUT2D eigenvalue weighted by molar-refractivity contribution is 7.99. The Labute approximate surface area is 117 Å². The number of nitrogens with zero attached hydrogens (tertiary/aromatic N) is 2. The molecule has 0 aromatic heterocycles. The molecule has 2 nitrogen and oxygen atoms in total. The quantitative estimate of drug-likeness (QED) is 0.758. The second kappa shape index (κ2) is 7.76. The maximum absolute atomic E-state index is 2.75. The van der Waals surface area contributed by atoms with Gasteiger partial charge in [0.05, 0.1) is 0 Å². The molecule has 0 unspecified atom stereocenters. The van der Waals surface area contributed by atoms with Crippen LogP contribution < -0.4 is 0 Å². The number of hydrogen-bond acceptors (Lipinski definition) is 3. The highest BCUT2D eigenvalue weighted by Crippen LogP contribution is 2.21. The molecule has 0 bridgehead atoms. The van der Waals surface area contributed by atoms with Gasteiger partial charge in [-0.3, -0.25) is 4.90 Å². The van der Waals surface area contributed by atoms with Gasteiger partial charge in [-0.1, -0.05) is 26.7 Å². The van der Waals surface area contributed by atoms with Crippen LogP contribution in [-0.2, 0) is 0 Å². The summed E-state index contributed by atoms with van der Waals surface area (Å²) in [7, 11) is 0. The van der Waals surface area contributed by atoms with E-state index in [0.717, 1.165) is 12.0 Å². The molecule has 2 fully saturated rings. The molecule has 2 heterocycles. The fourth-order valence-electron chi connectivity index (χ4n) is 3.32. The van der Waals surface area contributed by atoms with Gasteiger partial charge in [-0.05, 0) is 31.8 Å². The minimum absolute atomic E-state index is 0.892. The Morgan fingerprint density at radius 3 is 2.17 bits per heavy atom. The highest BCUT2D eigenvalue weighted by atomic mass is 32.2. The third kappa shape index (κ3) is 4.14. The zero-order chi connectivity index (χ0) is 12.8. The summed E-state index contributed by atoms with van der Waals surface area (Å²) in [5.74, 6) is 3.63. The summed E-state index contributed by atoms with van der Waals surface area (Å²) in [4.78, 5) is 5.47. The fourth-order valence-corrected chi connectivity index (χ4v) is 4.25. The summed E-state index contributed by atoms with van der Waals surface area (Å²) in [6.07, 6.45) is 5.51. The third-order valence-corrected chi connectivity index (χ3v) is 5.73. The van der Waals surface area contributed by atoms with Crippen molar-refractivity contribution in [2.45, 2.75) is 45.6 Å². The van der Waals surface area contributed by atoms with Crippen molar-refractivity contribution < 1.29 is 0 Å². The van der Waals surface area contributed by atoms with Crippen LogP contribution in [0.3, 0.4) is 0 Å². The maximum atomic E-state index is 2.75. The Balaban J connectivity index is 1.70. The summed E-state index contributed by atoms with van der Waals surface area (Å²) in [6, 6.07) is 0.892. The lowest BCUT2D eigenvalue weighted by Gasteiger charge is -2.40. The Bertz CT molecular complexity index is 217. The van der Waals surface area contributed by atoms with Crippen LogP contribution in [0.15, 0.2) is 0 Å². The largest absolute Gasteiger partial charge is 0.303 e. The predicted octanol–water partition coefficient (Wildman–Crippen LogP) is 2.94. The zero-order valence-corrected chi connectivity index (χ0v) is 13.1. The van der Waals surface area contributed by atoms with Crippen LogP contribution in [-0.4, -0.2) is 60.1 Å². The van der Waals surface area contributed by atoms with Crippen LogP contribution in [0.25, 0.3) is 0 Å². The third-order valence-electron chi connectivity index (χ3n) is 4.79. The molecule has 106 valence electrons. The van der Waals surface area contributed by atoms with E-state index in [0.29, 0.717) is 0 Å². The molecular formula is C15H30N2S.